The van der Waals surface area contributed by atoms with Crippen molar-refractivity contribution >= 4 is 5.97 Å². The van der Waals surface area contributed by atoms with Crippen LogP contribution in [0.15, 0.2) is 12.2 Å². The highest BCUT2D eigenvalue weighted by Gasteiger charge is 2.24. The smallest absolute Gasteiger partial charge is 0.311 e. The maximum absolute atomic E-state index is 11.2. The first kappa shape index (κ1) is 9.26. The summed E-state index contributed by atoms with van der Waals surface area (Å²) in [6.45, 7) is 7.06. The first-order chi connectivity index (χ1) is 5.74. The van der Waals surface area contributed by atoms with E-state index in [1.165, 1.54) is 0 Å². The Labute approximate surface area is 72.4 Å². The van der Waals surface area contributed by atoms with Crippen LogP contribution in [0.25, 0.3) is 0 Å². The molecule has 1 aliphatic heterocycles. The Morgan fingerprint density at radius 1 is 1.83 bits per heavy atom. The second-order valence-electron chi connectivity index (χ2n) is 2.92. The van der Waals surface area contributed by atoms with E-state index in [1.807, 2.05) is 0 Å². The van der Waals surface area contributed by atoms with Gasteiger partial charge in [-0.05, 0) is 13.3 Å². The van der Waals surface area contributed by atoms with E-state index in [4.69, 9.17) is 9.47 Å². The fourth-order valence-electron chi connectivity index (χ4n) is 1.22. The third-order valence-electron chi connectivity index (χ3n) is 1.78. The van der Waals surface area contributed by atoms with Gasteiger partial charge in [0, 0.05) is 0 Å². The van der Waals surface area contributed by atoms with Crippen molar-refractivity contribution < 1.29 is 14.3 Å². The number of carbonyl (C=O) groups excluding carboxylic acids is 1. The minimum absolute atomic E-state index is 0.133. The second-order valence-corrected chi connectivity index (χ2v) is 2.92. The number of ether oxygens (including phenoxy) is 2. The molecule has 1 heterocycles. The van der Waals surface area contributed by atoms with Crippen LogP contribution in [0.2, 0.25) is 0 Å². The molecule has 0 aromatic heterocycles. The SMILES string of the molecule is C=C1COCC(C(=O)OCC)C1. The van der Waals surface area contributed by atoms with Crippen molar-refractivity contribution in [3.63, 3.8) is 0 Å². The molecule has 1 rings (SSSR count). The molecule has 0 spiro atoms. The fourth-order valence-corrected chi connectivity index (χ4v) is 1.22. The number of esters is 1. The molecule has 68 valence electrons. The molecule has 0 aromatic carbocycles. The molecule has 0 radical (unpaired) electrons. The minimum Gasteiger partial charge on any atom is -0.466 e. The normalized spacial score (nSPS) is 23.8. The molecule has 0 aromatic rings. The molecule has 0 bridgehead atoms. The monoisotopic (exact) mass is 170 g/mol. The van der Waals surface area contributed by atoms with Crippen LogP contribution in [0.5, 0.6) is 0 Å². The Morgan fingerprint density at radius 3 is 3.17 bits per heavy atom. The van der Waals surface area contributed by atoms with E-state index in [9.17, 15) is 4.79 Å². The molecule has 1 fully saturated rings. The summed E-state index contributed by atoms with van der Waals surface area (Å²) in [5.74, 6) is -0.301. The lowest BCUT2D eigenvalue weighted by molar-refractivity contribution is -0.151. The summed E-state index contributed by atoms with van der Waals surface area (Å²) < 4.78 is 10.0. The van der Waals surface area contributed by atoms with Gasteiger partial charge in [0.15, 0.2) is 0 Å². The van der Waals surface area contributed by atoms with Gasteiger partial charge in [-0.2, -0.15) is 0 Å². The number of rotatable bonds is 2. The lowest BCUT2D eigenvalue weighted by atomic mass is 9.99. The van der Waals surface area contributed by atoms with Gasteiger partial charge in [-0.15, -0.1) is 0 Å². The molecule has 0 aliphatic carbocycles. The lowest BCUT2D eigenvalue weighted by Gasteiger charge is -2.21. The van der Waals surface area contributed by atoms with E-state index in [2.05, 4.69) is 6.58 Å². The van der Waals surface area contributed by atoms with Crippen molar-refractivity contribution in [2.24, 2.45) is 5.92 Å². The minimum atomic E-state index is -0.168. The number of hydrogen-bond donors (Lipinski definition) is 0. The second kappa shape index (κ2) is 4.26. The van der Waals surface area contributed by atoms with Gasteiger partial charge >= 0.3 is 5.97 Å². The predicted octanol–water partition coefficient (Wildman–Crippen LogP) is 1.14. The molecular weight excluding hydrogens is 156 g/mol. The van der Waals surface area contributed by atoms with Crippen LogP contribution in [-0.2, 0) is 14.3 Å². The van der Waals surface area contributed by atoms with Gasteiger partial charge in [-0.3, -0.25) is 4.79 Å². The lowest BCUT2D eigenvalue weighted by Crippen LogP contribution is -2.27. The van der Waals surface area contributed by atoms with E-state index in [0.717, 1.165) is 5.57 Å². The van der Waals surface area contributed by atoms with Crippen molar-refractivity contribution in [2.75, 3.05) is 19.8 Å². The van der Waals surface area contributed by atoms with Crippen LogP contribution < -0.4 is 0 Å². The van der Waals surface area contributed by atoms with Crippen LogP contribution in [-0.4, -0.2) is 25.8 Å². The first-order valence-electron chi connectivity index (χ1n) is 4.15. The quantitative estimate of drug-likeness (QED) is 0.460. The maximum Gasteiger partial charge on any atom is 0.311 e. The largest absolute Gasteiger partial charge is 0.466 e. The molecule has 1 saturated heterocycles. The van der Waals surface area contributed by atoms with E-state index < -0.39 is 0 Å². The highest BCUT2D eigenvalue weighted by molar-refractivity contribution is 5.73. The van der Waals surface area contributed by atoms with Gasteiger partial charge in [-0.25, -0.2) is 0 Å². The summed E-state index contributed by atoms with van der Waals surface area (Å²) in [6, 6.07) is 0. The standard InChI is InChI=1S/C9H14O3/c1-3-12-9(10)8-4-7(2)5-11-6-8/h8H,2-6H2,1H3. The summed E-state index contributed by atoms with van der Waals surface area (Å²) in [5, 5.41) is 0. The molecule has 1 aliphatic rings. The zero-order valence-electron chi connectivity index (χ0n) is 7.34. The molecule has 1 unspecified atom stereocenters. The van der Waals surface area contributed by atoms with Crippen LogP contribution in [0.3, 0.4) is 0 Å². The van der Waals surface area contributed by atoms with Crippen LogP contribution >= 0.6 is 0 Å². The molecule has 0 saturated carbocycles. The predicted molar refractivity (Wildman–Crippen MR) is 44.7 cm³/mol. The summed E-state index contributed by atoms with van der Waals surface area (Å²) in [5.41, 5.74) is 0.972. The van der Waals surface area contributed by atoms with Crippen LogP contribution in [0.4, 0.5) is 0 Å². The Kier molecular flexibility index (Phi) is 3.29. The van der Waals surface area contributed by atoms with Gasteiger partial charge in [0.05, 0.1) is 25.7 Å². The summed E-state index contributed by atoms with van der Waals surface area (Å²) >= 11 is 0. The summed E-state index contributed by atoms with van der Waals surface area (Å²) in [7, 11) is 0. The van der Waals surface area contributed by atoms with Crippen molar-refractivity contribution in [1.29, 1.82) is 0 Å². The van der Waals surface area contributed by atoms with Crippen LogP contribution in [0.1, 0.15) is 13.3 Å². The Hall–Kier alpha value is -0.830. The molecule has 3 nitrogen and oxygen atoms in total. The fraction of sp³-hybridized carbons (Fsp3) is 0.667. The summed E-state index contributed by atoms with van der Waals surface area (Å²) in [4.78, 5) is 11.2. The zero-order chi connectivity index (χ0) is 8.97. The van der Waals surface area contributed by atoms with Gasteiger partial charge in [0.2, 0.25) is 0 Å². The molecule has 12 heavy (non-hydrogen) atoms. The molecular formula is C9H14O3. The third-order valence-corrected chi connectivity index (χ3v) is 1.78. The average molecular weight is 170 g/mol. The van der Waals surface area contributed by atoms with Gasteiger partial charge in [-0.1, -0.05) is 12.2 Å². The number of carbonyl (C=O) groups is 1. The van der Waals surface area contributed by atoms with Crippen molar-refractivity contribution in [3.8, 4) is 0 Å². The van der Waals surface area contributed by atoms with E-state index in [-0.39, 0.29) is 11.9 Å². The highest BCUT2D eigenvalue weighted by Crippen LogP contribution is 2.18. The molecule has 0 amide bonds. The Balaban J connectivity index is 2.40. The Morgan fingerprint density at radius 2 is 2.58 bits per heavy atom. The van der Waals surface area contributed by atoms with Crippen molar-refractivity contribution in [3.05, 3.63) is 12.2 Å². The topological polar surface area (TPSA) is 35.5 Å². The average Bonchev–Trinajstić information content (AvgIpc) is 2.05. The van der Waals surface area contributed by atoms with Gasteiger partial charge in [0.1, 0.15) is 0 Å². The zero-order valence-corrected chi connectivity index (χ0v) is 7.34. The van der Waals surface area contributed by atoms with Crippen molar-refractivity contribution in [2.45, 2.75) is 13.3 Å². The van der Waals surface area contributed by atoms with Gasteiger partial charge in [0.25, 0.3) is 0 Å². The number of hydrogen-bond acceptors (Lipinski definition) is 3. The first-order valence-corrected chi connectivity index (χ1v) is 4.15. The highest BCUT2D eigenvalue weighted by atomic mass is 16.5. The Bertz CT molecular complexity index is 186. The third kappa shape index (κ3) is 2.34. The van der Waals surface area contributed by atoms with Crippen LogP contribution in [0, 0.1) is 5.92 Å². The maximum atomic E-state index is 11.2. The molecule has 0 N–H and O–H groups in total. The van der Waals surface area contributed by atoms with Crippen molar-refractivity contribution in [1.82, 2.24) is 0 Å². The van der Waals surface area contributed by atoms with E-state index in [0.29, 0.717) is 26.2 Å². The summed E-state index contributed by atoms with van der Waals surface area (Å²) in [6.07, 6.45) is 0.707. The van der Waals surface area contributed by atoms with E-state index in [1.54, 1.807) is 6.92 Å². The van der Waals surface area contributed by atoms with Gasteiger partial charge < -0.3 is 9.47 Å². The molecule has 3 heteroatoms. The van der Waals surface area contributed by atoms with E-state index >= 15 is 0 Å². The molecule has 1 atom stereocenters.